The Kier molecular flexibility index (Phi) is 4.65. The van der Waals surface area contributed by atoms with E-state index in [4.69, 9.17) is 0 Å². The highest BCUT2D eigenvalue weighted by Crippen LogP contribution is 2.23. The fourth-order valence-corrected chi connectivity index (χ4v) is 3.28. The third-order valence-corrected chi connectivity index (χ3v) is 4.71. The molecule has 2 N–H and O–H groups in total. The number of amides is 1. The molecule has 1 aliphatic rings. The standard InChI is InChI=1S/C18H23N3O2/c1-13-7-5-6-10-15(13)20-17(22)16-11-19-18(23)21(16)12-14-8-3-2-4-9-14/h2-4,8-9,11,13,15H,5-7,10,12H2,1H3,(H,19,23)(H,20,22). The largest absolute Gasteiger partial charge is 0.348 e. The lowest BCUT2D eigenvalue weighted by Gasteiger charge is -2.29. The fourth-order valence-electron chi connectivity index (χ4n) is 3.28. The van der Waals surface area contributed by atoms with Crippen LogP contribution in [0.1, 0.15) is 48.7 Å². The number of hydrogen-bond acceptors (Lipinski definition) is 2. The second-order valence-corrected chi connectivity index (χ2v) is 6.39. The summed E-state index contributed by atoms with van der Waals surface area (Å²) in [6.07, 6.45) is 6.05. The summed E-state index contributed by atoms with van der Waals surface area (Å²) in [5.41, 5.74) is 1.14. The van der Waals surface area contributed by atoms with Crippen LogP contribution in [0.3, 0.4) is 0 Å². The van der Waals surface area contributed by atoms with Crippen LogP contribution in [-0.4, -0.2) is 21.5 Å². The molecule has 1 aromatic heterocycles. The van der Waals surface area contributed by atoms with Gasteiger partial charge >= 0.3 is 5.69 Å². The van der Waals surface area contributed by atoms with E-state index in [0.29, 0.717) is 18.2 Å². The van der Waals surface area contributed by atoms with Gasteiger partial charge in [-0.3, -0.25) is 9.36 Å². The van der Waals surface area contributed by atoms with Crippen LogP contribution >= 0.6 is 0 Å². The van der Waals surface area contributed by atoms with Crippen LogP contribution in [0.2, 0.25) is 0 Å². The minimum atomic E-state index is -0.254. The van der Waals surface area contributed by atoms with Crippen molar-refractivity contribution in [1.29, 1.82) is 0 Å². The van der Waals surface area contributed by atoms with E-state index in [9.17, 15) is 9.59 Å². The van der Waals surface area contributed by atoms with Crippen LogP contribution in [0.15, 0.2) is 41.3 Å². The van der Waals surface area contributed by atoms with Gasteiger partial charge in [0.1, 0.15) is 5.69 Å². The monoisotopic (exact) mass is 313 g/mol. The van der Waals surface area contributed by atoms with Gasteiger partial charge in [0.15, 0.2) is 0 Å². The van der Waals surface area contributed by atoms with E-state index in [1.54, 1.807) is 0 Å². The molecule has 2 unspecified atom stereocenters. The number of H-pyrrole nitrogens is 1. The van der Waals surface area contributed by atoms with Crippen LogP contribution < -0.4 is 11.0 Å². The van der Waals surface area contributed by atoms with E-state index in [0.717, 1.165) is 24.8 Å². The molecule has 1 aromatic carbocycles. The van der Waals surface area contributed by atoms with E-state index >= 15 is 0 Å². The molecule has 5 heteroatoms. The minimum Gasteiger partial charge on any atom is -0.348 e. The molecule has 1 saturated carbocycles. The topological polar surface area (TPSA) is 66.9 Å². The van der Waals surface area contributed by atoms with Crippen LogP contribution in [0.4, 0.5) is 0 Å². The summed E-state index contributed by atoms with van der Waals surface area (Å²) in [7, 11) is 0. The van der Waals surface area contributed by atoms with Gasteiger partial charge in [-0.15, -0.1) is 0 Å². The van der Waals surface area contributed by atoms with Crippen molar-refractivity contribution in [2.45, 2.75) is 45.2 Å². The summed E-state index contributed by atoms with van der Waals surface area (Å²) in [6, 6.07) is 9.88. The molecule has 2 atom stereocenters. The van der Waals surface area contributed by atoms with Crippen molar-refractivity contribution in [2.24, 2.45) is 5.92 Å². The number of rotatable bonds is 4. The maximum absolute atomic E-state index is 12.6. The molecular weight excluding hydrogens is 290 g/mol. The average molecular weight is 313 g/mol. The lowest BCUT2D eigenvalue weighted by Crippen LogP contribution is -2.42. The SMILES string of the molecule is CC1CCCCC1NC(=O)c1c[nH]c(=O)n1Cc1ccccc1. The van der Waals surface area contributed by atoms with Gasteiger partial charge in [0.25, 0.3) is 5.91 Å². The van der Waals surface area contributed by atoms with E-state index < -0.39 is 0 Å². The molecular formula is C18H23N3O2. The molecule has 23 heavy (non-hydrogen) atoms. The summed E-state index contributed by atoms with van der Waals surface area (Å²) in [5.74, 6) is 0.318. The number of carbonyl (C=O) groups is 1. The zero-order valence-corrected chi connectivity index (χ0v) is 13.4. The van der Waals surface area contributed by atoms with Crippen molar-refractivity contribution in [3.63, 3.8) is 0 Å². The number of aromatic nitrogens is 2. The predicted molar refractivity (Wildman–Crippen MR) is 89.5 cm³/mol. The smallest absolute Gasteiger partial charge is 0.326 e. The van der Waals surface area contributed by atoms with Crippen LogP contribution in [0, 0.1) is 5.92 Å². The van der Waals surface area contributed by atoms with Crippen molar-refractivity contribution >= 4 is 5.91 Å². The number of imidazole rings is 1. The van der Waals surface area contributed by atoms with Crippen LogP contribution in [0.25, 0.3) is 0 Å². The van der Waals surface area contributed by atoms with E-state index in [1.165, 1.54) is 17.2 Å². The maximum Gasteiger partial charge on any atom is 0.326 e. The van der Waals surface area contributed by atoms with Crippen molar-refractivity contribution in [3.05, 3.63) is 58.3 Å². The molecule has 0 radical (unpaired) electrons. The number of nitrogens with one attached hydrogen (secondary N) is 2. The Bertz CT molecular complexity index is 717. The number of nitrogens with zero attached hydrogens (tertiary/aromatic N) is 1. The molecule has 5 nitrogen and oxygen atoms in total. The second-order valence-electron chi connectivity index (χ2n) is 6.39. The normalized spacial score (nSPS) is 21.1. The quantitative estimate of drug-likeness (QED) is 0.911. The highest BCUT2D eigenvalue weighted by atomic mass is 16.2. The number of aromatic amines is 1. The third kappa shape index (κ3) is 3.55. The number of carbonyl (C=O) groups excluding carboxylic acids is 1. The maximum atomic E-state index is 12.6. The fraction of sp³-hybridized carbons (Fsp3) is 0.444. The highest BCUT2D eigenvalue weighted by molar-refractivity contribution is 5.92. The second kappa shape index (κ2) is 6.86. The Morgan fingerprint density at radius 2 is 2.00 bits per heavy atom. The Labute approximate surface area is 135 Å². The van der Waals surface area contributed by atoms with Gasteiger partial charge in [-0.2, -0.15) is 0 Å². The minimum absolute atomic E-state index is 0.168. The van der Waals surface area contributed by atoms with E-state index in [1.807, 2.05) is 30.3 Å². The molecule has 0 saturated heterocycles. The zero-order valence-electron chi connectivity index (χ0n) is 13.4. The summed E-state index contributed by atoms with van der Waals surface area (Å²) < 4.78 is 1.50. The van der Waals surface area contributed by atoms with Gasteiger partial charge in [-0.1, -0.05) is 50.1 Å². The van der Waals surface area contributed by atoms with Crippen molar-refractivity contribution in [1.82, 2.24) is 14.9 Å². The third-order valence-electron chi connectivity index (χ3n) is 4.71. The Morgan fingerprint density at radius 3 is 2.74 bits per heavy atom. The first kappa shape index (κ1) is 15.6. The Balaban J connectivity index is 1.77. The molecule has 1 fully saturated rings. The van der Waals surface area contributed by atoms with Gasteiger partial charge in [-0.25, -0.2) is 4.79 Å². The zero-order chi connectivity index (χ0) is 16.2. The van der Waals surface area contributed by atoms with Gasteiger partial charge in [0.05, 0.1) is 6.54 Å². The Hall–Kier alpha value is -2.30. The van der Waals surface area contributed by atoms with Gasteiger partial charge in [0, 0.05) is 12.2 Å². The van der Waals surface area contributed by atoms with Gasteiger partial charge < -0.3 is 10.3 Å². The average Bonchev–Trinajstić information content (AvgIpc) is 2.92. The van der Waals surface area contributed by atoms with E-state index in [-0.39, 0.29) is 17.6 Å². The molecule has 0 bridgehead atoms. The molecule has 122 valence electrons. The first-order valence-electron chi connectivity index (χ1n) is 8.28. The van der Waals surface area contributed by atoms with Crippen LogP contribution in [-0.2, 0) is 6.54 Å². The number of benzene rings is 1. The molecule has 2 aromatic rings. The Morgan fingerprint density at radius 1 is 1.26 bits per heavy atom. The molecule has 3 rings (SSSR count). The van der Waals surface area contributed by atoms with Gasteiger partial charge in [-0.05, 0) is 24.3 Å². The molecule has 1 amide bonds. The highest BCUT2D eigenvalue weighted by Gasteiger charge is 2.24. The molecule has 1 heterocycles. The molecule has 0 spiro atoms. The first-order chi connectivity index (χ1) is 11.1. The molecule has 1 aliphatic carbocycles. The first-order valence-corrected chi connectivity index (χ1v) is 8.28. The summed E-state index contributed by atoms with van der Waals surface area (Å²) in [4.78, 5) is 27.3. The lowest BCUT2D eigenvalue weighted by molar-refractivity contribution is 0.0901. The van der Waals surface area contributed by atoms with E-state index in [2.05, 4.69) is 17.2 Å². The number of hydrogen-bond donors (Lipinski definition) is 2. The van der Waals surface area contributed by atoms with Gasteiger partial charge in [0.2, 0.25) is 0 Å². The summed E-state index contributed by atoms with van der Waals surface area (Å²) >= 11 is 0. The predicted octanol–water partition coefficient (Wildman–Crippen LogP) is 2.53. The van der Waals surface area contributed by atoms with Crippen molar-refractivity contribution in [2.75, 3.05) is 0 Å². The summed E-state index contributed by atoms with van der Waals surface area (Å²) in [5, 5.41) is 3.11. The van der Waals surface area contributed by atoms with Crippen molar-refractivity contribution in [3.8, 4) is 0 Å². The van der Waals surface area contributed by atoms with Crippen molar-refractivity contribution < 1.29 is 4.79 Å². The lowest BCUT2D eigenvalue weighted by atomic mass is 9.86. The van der Waals surface area contributed by atoms with Crippen LogP contribution in [0.5, 0.6) is 0 Å². The molecule has 0 aliphatic heterocycles. The summed E-state index contributed by atoms with van der Waals surface area (Å²) in [6.45, 7) is 2.57.